The molecule has 2 heterocycles. The molecule has 33 heavy (non-hydrogen) atoms. The molecule has 0 spiro atoms. The number of hydrogen-bond acceptors (Lipinski definition) is 4. The van der Waals surface area contributed by atoms with Gasteiger partial charge in [0, 0.05) is 31.9 Å². The van der Waals surface area contributed by atoms with E-state index >= 15 is 0 Å². The van der Waals surface area contributed by atoms with Crippen molar-refractivity contribution in [3.8, 4) is 0 Å². The van der Waals surface area contributed by atoms with E-state index in [0.29, 0.717) is 15.0 Å². The summed E-state index contributed by atoms with van der Waals surface area (Å²) in [6.45, 7) is 0.0991. The van der Waals surface area contributed by atoms with Gasteiger partial charge in [0.1, 0.15) is 0 Å². The van der Waals surface area contributed by atoms with Gasteiger partial charge in [-0.2, -0.15) is 0 Å². The summed E-state index contributed by atoms with van der Waals surface area (Å²) in [6.07, 6.45) is 0.734. The smallest absolute Gasteiger partial charge is 0.293 e. The summed E-state index contributed by atoms with van der Waals surface area (Å²) in [5.41, 5.74) is 2.61. The van der Waals surface area contributed by atoms with E-state index in [0.717, 1.165) is 44.0 Å². The van der Waals surface area contributed by atoms with Crippen molar-refractivity contribution in [3.63, 3.8) is 0 Å². The molecule has 3 aromatic carbocycles. The number of carbonyl (C=O) groups excluding carboxylic acids is 2. The molecule has 5 nitrogen and oxygen atoms in total. The lowest BCUT2D eigenvalue weighted by molar-refractivity contribution is -0.123. The monoisotopic (exact) mass is 496 g/mol. The second kappa shape index (κ2) is 8.88. The Morgan fingerprint density at radius 3 is 2.09 bits per heavy atom. The Hall–Kier alpha value is -2.77. The molecule has 166 valence electrons. The number of thioether (sulfide) groups is 1. The van der Waals surface area contributed by atoms with E-state index < -0.39 is 12.0 Å². The lowest BCUT2D eigenvalue weighted by Gasteiger charge is -2.19. The molecule has 4 aromatic rings. The van der Waals surface area contributed by atoms with E-state index in [-0.39, 0.29) is 18.3 Å². The minimum Gasteiger partial charge on any atom is -0.389 e. The van der Waals surface area contributed by atoms with Gasteiger partial charge in [-0.25, -0.2) is 0 Å². The highest BCUT2D eigenvalue weighted by atomic mass is 35.5. The van der Waals surface area contributed by atoms with Crippen LogP contribution < -0.4 is 0 Å². The topological polar surface area (TPSA) is 62.5 Å². The van der Waals surface area contributed by atoms with Crippen LogP contribution in [0.1, 0.15) is 5.56 Å². The zero-order valence-electron chi connectivity index (χ0n) is 17.2. The van der Waals surface area contributed by atoms with Crippen LogP contribution in [0.3, 0.4) is 0 Å². The van der Waals surface area contributed by atoms with Crippen molar-refractivity contribution in [1.29, 1.82) is 0 Å². The fraction of sp³-hybridized carbons (Fsp3) is 0.120. The predicted molar refractivity (Wildman–Crippen MR) is 135 cm³/mol. The van der Waals surface area contributed by atoms with Crippen molar-refractivity contribution in [3.05, 3.63) is 87.2 Å². The van der Waals surface area contributed by atoms with Crippen LogP contribution in [-0.2, 0) is 11.3 Å². The molecule has 1 fully saturated rings. The number of aliphatic hydroxyl groups is 1. The van der Waals surface area contributed by atoms with Gasteiger partial charge in [0.15, 0.2) is 0 Å². The van der Waals surface area contributed by atoms with Crippen molar-refractivity contribution < 1.29 is 14.7 Å². The Balaban J connectivity index is 1.41. The number of nitrogens with zero attached hydrogens (tertiary/aromatic N) is 2. The second-order valence-corrected chi connectivity index (χ2v) is 9.66. The molecule has 5 rings (SSSR count). The SMILES string of the molecule is O=C1S/C(=C/c2ccccc2)C(=O)N1C[C@@H](O)Cn1c2ccc(Cl)cc2c2cc(Cl)ccc21. The van der Waals surface area contributed by atoms with Crippen molar-refractivity contribution >= 4 is 74.0 Å². The molecule has 1 N–H and O–H groups in total. The van der Waals surface area contributed by atoms with E-state index in [1.807, 2.05) is 59.2 Å². The number of hydrogen-bond donors (Lipinski definition) is 1. The molecular weight excluding hydrogens is 479 g/mol. The Morgan fingerprint density at radius 2 is 1.48 bits per heavy atom. The van der Waals surface area contributed by atoms with Crippen LogP contribution in [0.4, 0.5) is 4.79 Å². The van der Waals surface area contributed by atoms with Gasteiger partial charge >= 0.3 is 0 Å². The maximum atomic E-state index is 12.8. The van der Waals surface area contributed by atoms with E-state index in [1.54, 1.807) is 18.2 Å². The lowest BCUT2D eigenvalue weighted by Crippen LogP contribution is -2.37. The maximum Gasteiger partial charge on any atom is 0.293 e. The standard InChI is InChI=1S/C25H18Cl2N2O3S/c26-16-6-8-21-19(11-16)20-12-17(27)7-9-22(20)28(21)13-18(30)14-29-24(31)23(33-25(29)32)10-15-4-2-1-3-5-15/h1-12,18,30H,13-14H2/b23-10+/t18-/m0/s1. The first-order chi connectivity index (χ1) is 15.9. The molecular formula is C25H18Cl2N2O3S. The molecule has 0 unspecified atom stereocenters. The fourth-order valence-corrected chi connectivity index (χ4v) is 5.27. The molecule has 0 bridgehead atoms. The van der Waals surface area contributed by atoms with E-state index in [1.165, 1.54) is 0 Å². The van der Waals surface area contributed by atoms with Gasteiger partial charge in [0.2, 0.25) is 0 Å². The largest absolute Gasteiger partial charge is 0.389 e. The summed E-state index contributed by atoms with van der Waals surface area (Å²) >= 11 is 13.3. The third kappa shape index (κ3) is 4.27. The number of rotatable bonds is 5. The summed E-state index contributed by atoms with van der Waals surface area (Å²) < 4.78 is 1.96. The summed E-state index contributed by atoms with van der Waals surface area (Å²) in [4.78, 5) is 26.8. The number of amides is 2. The third-order valence-corrected chi connectivity index (χ3v) is 6.92. The van der Waals surface area contributed by atoms with E-state index in [9.17, 15) is 14.7 Å². The molecule has 8 heteroatoms. The lowest BCUT2D eigenvalue weighted by atomic mass is 10.1. The average Bonchev–Trinajstić information content (AvgIpc) is 3.22. The van der Waals surface area contributed by atoms with Crippen LogP contribution in [0, 0.1) is 0 Å². The van der Waals surface area contributed by atoms with Crippen molar-refractivity contribution in [2.24, 2.45) is 0 Å². The number of imide groups is 1. The Labute approximate surface area is 204 Å². The number of carbonyl (C=O) groups is 2. The van der Waals surface area contributed by atoms with E-state index in [2.05, 4.69) is 0 Å². The molecule has 1 saturated heterocycles. The normalized spacial score (nSPS) is 16.5. The summed E-state index contributed by atoms with van der Waals surface area (Å²) in [5.74, 6) is -0.395. The highest BCUT2D eigenvalue weighted by molar-refractivity contribution is 8.18. The number of aromatic nitrogens is 1. The number of aliphatic hydroxyl groups excluding tert-OH is 1. The first-order valence-corrected chi connectivity index (χ1v) is 11.8. The van der Waals surface area contributed by atoms with Gasteiger partial charge in [-0.15, -0.1) is 0 Å². The quantitative estimate of drug-likeness (QED) is 0.334. The molecule has 1 aliphatic heterocycles. The number of β-amino-alcohol motifs (C(OH)–C–C–N with tert-alkyl or cyclic N) is 1. The molecule has 1 aromatic heterocycles. The number of benzene rings is 3. The highest BCUT2D eigenvalue weighted by Gasteiger charge is 2.36. The first-order valence-electron chi connectivity index (χ1n) is 10.3. The van der Waals surface area contributed by atoms with Crippen molar-refractivity contribution in [1.82, 2.24) is 9.47 Å². The Bertz CT molecular complexity index is 1370. The van der Waals surface area contributed by atoms with Gasteiger partial charge in [-0.05, 0) is 59.8 Å². The molecule has 1 atom stereocenters. The zero-order valence-corrected chi connectivity index (χ0v) is 19.6. The highest BCUT2D eigenvalue weighted by Crippen LogP contribution is 2.34. The van der Waals surface area contributed by atoms with Crippen LogP contribution >= 0.6 is 35.0 Å². The Kier molecular flexibility index (Phi) is 5.93. The molecule has 0 aliphatic carbocycles. The summed E-state index contributed by atoms with van der Waals surface area (Å²) in [6, 6.07) is 20.4. The van der Waals surface area contributed by atoms with Crippen molar-refractivity contribution in [2.75, 3.05) is 6.54 Å². The van der Waals surface area contributed by atoms with Gasteiger partial charge in [-0.1, -0.05) is 53.5 Å². The van der Waals surface area contributed by atoms with Crippen LogP contribution in [-0.4, -0.2) is 38.4 Å². The molecule has 1 aliphatic rings. The van der Waals surface area contributed by atoms with Gasteiger partial charge in [0.05, 0.1) is 24.1 Å². The van der Waals surface area contributed by atoms with Crippen molar-refractivity contribution in [2.45, 2.75) is 12.6 Å². The van der Waals surface area contributed by atoms with Crippen LogP contribution in [0.15, 0.2) is 71.6 Å². The first kappa shape index (κ1) is 22.0. The molecule has 0 saturated carbocycles. The average molecular weight is 497 g/mol. The minimum absolute atomic E-state index is 0.0981. The Morgan fingerprint density at radius 1 is 0.879 bits per heavy atom. The van der Waals surface area contributed by atoms with Crippen LogP contribution in [0.5, 0.6) is 0 Å². The summed E-state index contributed by atoms with van der Waals surface area (Å²) in [7, 11) is 0. The number of halogens is 2. The number of fused-ring (bicyclic) bond motifs is 3. The second-order valence-electron chi connectivity index (χ2n) is 7.79. The molecule has 0 radical (unpaired) electrons. The van der Waals surface area contributed by atoms with Crippen LogP contribution in [0.25, 0.3) is 27.9 Å². The minimum atomic E-state index is -0.959. The van der Waals surface area contributed by atoms with Gasteiger partial charge in [-0.3, -0.25) is 14.5 Å². The van der Waals surface area contributed by atoms with Crippen LogP contribution in [0.2, 0.25) is 10.0 Å². The van der Waals surface area contributed by atoms with Gasteiger partial charge in [0.25, 0.3) is 11.1 Å². The zero-order chi connectivity index (χ0) is 23.1. The summed E-state index contributed by atoms with van der Waals surface area (Å²) in [5, 5.41) is 13.5. The van der Waals surface area contributed by atoms with E-state index in [4.69, 9.17) is 23.2 Å². The maximum absolute atomic E-state index is 12.8. The fourth-order valence-electron chi connectivity index (χ4n) is 4.08. The van der Waals surface area contributed by atoms with Gasteiger partial charge < -0.3 is 9.67 Å². The molecule has 2 amide bonds. The third-order valence-electron chi connectivity index (χ3n) is 5.55. The predicted octanol–water partition coefficient (Wildman–Crippen LogP) is 6.20.